The number of carbonyl (C=O) groups excluding carboxylic acids is 1. The van der Waals surface area contributed by atoms with Crippen molar-refractivity contribution in [3.8, 4) is 17.2 Å². The van der Waals surface area contributed by atoms with Crippen LogP contribution in [0.25, 0.3) is 0 Å². The number of rotatable bonds is 6. The van der Waals surface area contributed by atoms with Crippen LogP contribution in [-0.2, 0) is 11.3 Å². The van der Waals surface area contributed by atoms with Gasteiger partial charge in [0.1, 0.15) is 22.6 Å². The number of thioether (sulfide) groups is 1. The highest BCUT2D eigenvalue weighted by molar-refractivity contribution is 8.00. The molecule has 0 aromatic heterocycles. The first-order valence-electron chi connectivity index (χ1n) is 7.92. The minimum atomic E-state index is -0.0330. The second-order valence-corrected chi connectivity index (χ2v) is 6.71. The molecule has 1 aliphatic rings. The molecule has 6 heteroatoms. The average molecular weight is 359 g/mol. The average Bonchev–Trinajstić information content (AvgIpc) is 3.02. The van der Waals surface area contributed by atoms with E-state index >= 15 is 0 Å². The highest BCUT2D eigenvalue weighted by Gasteiger charge is 2.33. The summed E-state index contributed by atoms with van der Waals surface area (Å²) in [6.45, 7) is 0.487. The van der Waals surface area contributed by atoms with Gasteiger partial charge in [-0.3, -0.25) is 4.79 Å². The topological polar surface area (TPSA) is 48.0 Å². The fourth-order valence-corrected chi connectivity index (χ4v) is 4.04. The van der Waals surface area contributed by atoms with Crippen molar-refractivity contribution in [3.63, 3.8) is 0 Å². The van der Waals surface area contributed by atoms with Gasteiger partial charge >= 0.3 is 0 Å². The SMILES string of the molecule is COc1cccc(C2SCC(=O)N2Cc2ccc(OC)cc2OC)c1. The van der Waals surface area contributed by atoms with Crippen molar-refractivity contribution in [2.24, 2.45) is 0 Å². The van der Waals surface area contributed by atoms with Crippen molar-refractivity contribution in [2.45, 2.75) is 11.9 Å². The van der Waals surface area contributed by atoms with Gasteiger partial charge in [0.15, 0.2) is 0 Å². The summed E-state index contributed by atoms with van der Waals surface area (Å²) >= 11 is 1.63. The second-order valence-electron chi connectivity index (χ2n) is 5.64. The van der Waals surface area contributed by atoms with Gasteiger partial charge in [0, 0.05) is 11.6 Å². The molecule has 1 unspecified atom stereocenters. The number of hydrogen-bond acceptors (Lipinski definition) is 5. The number of ether oxygens (including phenoxy) is 3. The fourth-order valence-electron chi connectivity index (χ4n) is 2.86. The molecule has 3 rings (SSSR count). The number of amides is 1. The molecule has 1 fully saturated rings. The van der Waals surface area contributed by atoms with Crippen LogP contribution in [0.1, 0.15) is 16.5 Å². The molecule has 2 aromatic carbocycles. The highest BCUT2D eigenvalue weighted by Crippen LogP contribution is 2.41. The molecule has 0 aliphatic carbocycles. The van der Waals surface area contributed by atoms with Crippen LogP contribution in [-0.4, -0.2) is 37.9 Å². The number of benzene rings is 2. The van der Waals surface area contributed by atoms with E-state index in [1.807, 2.05) is 47.4 Å². The Morgan fingerprint density at radius 2 is 1.80 bits per heavy atom. The van der Waals surface area contributed by atoms with Crippen molar-refractivity contribution < 1.29 is 19.0 Å². The van der Waals surface area contributed by atoms with Crippen molar-refractivity contribution >= 4 is 17.7 Å². The Labute approximate surface area is 151 Å². The number of hydrogen-bond donors (Lipinski definition) is 0. The van der Waals surface area contributed by atoms with E-state index in [4.69, 9.17) is 14.2 Å². The summed E-state index contributed by atoms with van der Waals surface area (Å²) in [5.74, 6) is 2.83. The van der Waals surface area contributed by atoms with Gasteiger partial charge in [0.05, 0.1) is 33.6 Å². The van der Waals surface area contributed by atoms with Crippen LogP contribution in [0.5, 0.6) is 17.2 Å². The molecular formula is C19H21NO4S. The summed E-state index contributed by atoms with van der Waals surface area (Å²) < 4.78 is 16.0. The van der Waals surface area contributed by atoms with Crippen LogP contribution in [0.4, 0.5) is 0 Å². The molecule has 0 bridgehead atoms. The van der Waals surface area contributed by atoms with Gasteiger partial charge in [-0.15, -0.1) is 11.8 Å². The lowest BCUT2D eigenvalue weighted by Crippen LogP contribution is -2.27. The molecule has 0 radical (unpaired) electrons. The summed E-state index contributed by atoms with van der Waals surface area (Å²) in [4.78, 5) is 14.3. The molecule has 1 amide bonds. The molecule has 1 saturated heterocycles. The second kappa shape index (κ2) is 7.70. The lowest BCUT2D eigenvalue weighted by molar-refractivity contribution is -0.128. The molecule has 5 nitrogen and oxygen atoms in total. The zero-order valence-corrected chi connectivity index (χ0v) is 15.3. The number of nitrogens with zero attached hydrogens (tertiary/aromatic N) is 1. The minimum Gasteiger partial charge on any atom is -0.497 e. The van der Waals surface area contributed by atoms with Gasteiger partial charge < -0.3 is 19.1 Å². The van der Waals surface area contributed by atoms with E-state index in [1.54, 1.807) is 33.1 Å². The lowest BCUT2D eigenvalue weighted by atomic mass is 10.1. The predicted octanol–water partition coefficient (Wildman–Crippen LogP) is 3.49. The van der Waals surface area contributed by atoms with Crippen LogP contribution >= 0.6 is 11.8 Å². The Kier molecular flexibility index (Phi) is 5.38. The van der Waals surface area contributed by atoms with E-state index < -0.39 is 0 Å². The first kappa shape index (κ1) is 17.5. The zero-order valence-electron chi connectivity index (χ0n) is 14.5. The summed E-state index contributed by atoms with van der Waals surface area (Å²) in [6, 6.07) is 13.5. The Balaban J connectivity index is 1.88. The fraction of sp³-hybridized carbons (Fsp3) is 0.316. The normalized spacial score (nSPS) is 16.8. The Morgan fingerprint density at radius 1 is 1.04 bits per heavy atom. The summed E-state index contributed by atoms with van der Waals surface area (Å²) in [5, 5.41) is -0.0330. The smallest absolute Gasteiger partial charge is 0.234 e. The summed E-state index contributed by atoms with van der Waals surface area (Å²) in [7, 11) is 4.89. The number of carbonyl (C=O) groups is 1. The van der Waals surface area contributed by atoms with Crippen molar-refractivity contribution in [3.05, 3.63) is 53.6 Å². The van der Waals surface area contributed by atoms with Crippen LogP contribution in [0, 0.1) is 0 Å². The Morgan fingerprint density at radius 3 is 2.52 bits per heavy atom. The molecular weight excluding hydrogens is 338 g/mol. The third-order valence-corrected chi connectivity index (χ3v) is 5.44. The van der Waals surface area contributed by atoms with Gasteiger partial charge in [-0.2, -0.15) is 0 Å². The molecule has 1 aliphatic heterocycles. The van der Waals surface area contributed by atoms with Crippen LogP contribution in [0.15, 0.2) is 42.5 Å². The first-order valence-corrected chi connectivity index (χ1v) is 8.97. The molecule has 132 valence electrons. The van der Waals surface area contributed by atoms with Gasteiger partial charge in [0.2, 0.25) is 5.91 Å². The quantitative estimate of drug-likeness (QED) is 0.790. The van der Waals surface area contributed by atoms with E-state index in [1.165, 1.54) is 0 Å². The molecule has 2 aromatic rings. The third kappa shape index (κ3) is 3.69. The zero-order chi connectivity index (χ0) is 17.8. The number of methoxy groups -OCH3 is 3. The van der Waals surface area contributed by atoms with Crippen LogP contribution < -0.4 is 14.2 Å². The van der Waals surface area contributed by atoms with Crippen LogP contribution in [0.3, 0.4) is 0 Å². The molecule has 1 heterocycles. The van der Waals surface area contributed by atoms with E-state index in [-0.39, 0.29) is 11.3 Å². The maximum atomic E-state index is 12.4. The van der Waals surface area contributed by atoms with Gasteiger partial charge in [-0.05, 0) is 29.8 Å². The van der Waals surface area contributed by atoms with E-state index in [0.717, 1.165) is 22.6 Å². The Hall–Kier alpha value is -2.34. The van der Waals surface area contributed by atoms with Crippen LogP contribution in [0.2, 0.25) is 0 Å². The van der Waals surface area contributed by atoms with Gasteiger partial charge in [0.25, 0.3) is 0 Å². The van der Waals surface area contributed by atoms with Gasteiger partial charge in [-0.25, -0.2) is 0 Å². The van der Waals surface area contributed by atoms with E-state index in [0.29, 0.717) is 18.0 Å². The van der Waals surface area contributed by atoms with E-state index in [2.05, 4.69) is 0 Å². The van der Waals surface area contributed by atoms with E-state index in [9.17, 15) is 4.79 Å². The minimum absolute atomic E-state index is 0.0330. The van der Waals surface area contributed by atoms with Crippen molar-refractivity contribution in [1.82, 2.24) is 4.90 Å². The monoisotopic (exact) mass is 359 g/mol. The maximum absolute atomic E-state index is 12.4. The third-order valence-electron chi connectivity index (χ3n) is 4.18. The molecule has 1 atom stereocenters. The Bertz CT molecular complexity index is 765. The molecule has 0 spiro atoms. The highest BCUT2D eigenvalue weighted by atomic mass is 32.2. The standard InChI is InChI=1S/C19H21NO4S/c1-22-15-6-4-5-13(9-15)19-20(18(21)12-25-19)11-14-7-8-16(23-2)10-17(14)24-3/h4-10,19H,11-12H2,1-3H3. The summed E-state index contributed by atoms with van der Waals surface area (Å²) in [5.41, 5.74) is 2.01. The largest absolute Gasteiger partial charge is 0.497 e. The van der Waals surface area contributed by atoms with Crippen molar-refractivity contribution in [1.29, 1.82) is 0 Å². The predicted molar refractivity (Wildman–Crippen MR) is 98.3 cm³/mol. The first-order chi connectivity index (χ1) is 12.2. The summed E-state index contributed by atoms with van der Waals surface area (Å²) in [6.07, 6.45) is 0. The molecule has 0 N–H and O–H groups in total. The molecule has 0 saturated carbocycles. The maximum Gasteiger partial charge on any atom is 0.234 e. The molecule has 25 heavy (non-hydrogen) atoms. The van der Waals surface area contributed by atoms with Crippen molar-refractivity contribution in [2.75, 3.05) is 27.1 Å². The van der Waals surface area contributed by atoms with Gasteiger partial charge in [-0.1, -0.05) is 12.1 Å². The lowest BCUT2D eigenvalue weighted by Gasteiger charge is -2.25.